The lowest BCUT2D eigenvalue weighted by Crippen LogP contribution is -2.57. The summed E-state index contributed by atoms with van der Waals surface area (Å²) in [5.74, 6) is 0.274. The molecular weight excluding hydrogens is 350 g/mol. The van der Waals surface area contributed by atoms with Crippen LogP contribution in [0.15, 0.2) is 36.4 Å². The summed E-state index contributed by atoms with van der Waals surface area (Å²) in [4.78, 5) is 26.7. The maximum atomic E-state index is 13.6. The topological polar surface area (TPSA) is 55.4 Å². The molecule has 1 unspecified atom stereocenters. The van der Waals surface area contributed by atoms with E-state index in [0.717, 1.165) is 16.7 Å². The molecule has 0 aliphatic carbocycles. The van der Waals surface area contributed by atoms with E-state index in [1.807, 2.05) is 65.8 Å². The van der Waals surface area contributed by atoms with Crippen LogP contribution in [0.5, 0.6) is 5.75 Å². The summed E-state index contributed by atoms with van der Waals surface area (Å²) in [6, 6.07) is 11.2. The van der Waals surface area contributed by atoms with Crippen LogP contribution in [0.2, 0.25) is 0 Å². The molecule has 0 spiro atoms. The Morgan fingerprint density at radius 3 is 2.18 bits per heavy atom. The molecule has 1 N–H and O–H groups in total. The molecule has 0 saturated heterocycles. The van der Waals surface area contributed by atoms with E-state index in [4.69, 9.17) is 4.74 Å². The summed E-state index contributed by atoms with van der Waals surface area (Å²) in [5, 5.41) is 3.08. The Kier molecular flexibility index (Phi) is 6.65. The zero-order valence-electron chi connectivity index (χ0n) is 18.0. The number of nitrogens with one attached hydrogen (secondary N) is 1. The van der Waals surface area contributed by atoms with E-state index in [-0.39, 0.29) is 17.6 Å². The van der Waals surface area contributed by atoms with E-state index in [9.17, 15) is 9.59 Å². The summed E-state index contributed by atoms with van der Waals surface area (Å²) in [7, 11) is 1.58. The standard InChI is InChI=1S/C24H31NO3/c1-8-24(15(2)3,22(26)19-13-16(4)12-17(5)14-19)25-23(27)20-10-9-11-21(28-7)18(20)6/h9-15H,8H2,1-7H3,(H,25,27). The van der Waals surface area contributed by atoms with Crippen LogP contribution >= 0.6 is 0 Å². The average Bonchev–Trinajstić information content (AvgIpc) is 2.64. The van der Waals surface area contributed by atoms with Crippen LogP contribution < -0.4 is 10.1 Å². The lowest BCUT2D eigenvalue weighted by Gasteiger charge is -2.36. The summed E-state index contributed by atoms with van der Waals surface area (Å²) >= 11 is 0. The van der Waals surface area contributed by atoms with Crippen molar-refractivity contribution in [2.24, 2.45) is 5.92 Å². The van der Waals surface area contributed by atoms with Crippen molar-refractivity contribution in [3.63, 3.8) is 0 Å². The number of Topliss-reactive ketones (excluding diaryl/α,β-unsaturated/α-hetero) is 1. The number of hydrogen-bond donors (Lipinski definition) is 1. The Bertz CT molecular complexity index is 865. The number of hydrogen-bond acceptors (Lipinski definition) is 3. The molecule has 2 rings (SSSR count). The highest BCUT2D eigenvalue weighted by molar-refractivity contribution is 6.08. The summed E-state index contributed by atoms with van der Waals surface area (Å²) in [6.07, 6.45) is 0.505. The highest BCUT2D eigenvalue weighted by atomic mass is 16.5. The summed E-state index contributed by atoms with van der Waals surface area (Å²) in [6.45, 7) is 11.7. The van der Waals surface area contributed by atoms with E-state index >= 15 is 0 Å². The molecule has 0 aromatic heterocycles. The second-order valence-corrected chi connectivity index (χ2v) is 7.77. The van der Waals surface area contributed by atoms with Gasteiger partial charge < -0.3 is 10.1 Å². The van der Waals surface area contributed by atoms with Crippen LogP contribution in [-0.4, -0.2) is 24.3 Å². The van der Waals surface area contributed by atoms with Crippen molar-refractivity contribution in [1.29, 1.82) is 0 Å². The Morgan fingerprint density at radius 1 is 1.07 bits per heavy atom. The van der Waals surface area contributed by atoms with Crippen LogP contribution in [0.4, 0.5) is 0 Å². The first-order chi connectivity index (χ1) is 13.2. The molecule has 0 bridgehead atoms. The third-order valence-electron chi connectivity index (χ3n) is 5.52. The normalized spacial score (nSPS) is 13.1. The van der Waals surface area contributed by atoms with Gasteiger partial charge in [0.15, 0.2) is 5.78 Å². The first-order valence-electron chi connectivity index (χ1n) is 9.75. The predicted molar refractivity (Wildman–Crippen MR) is 113 cm³/mol. The van der Waals surface area contributed by atoms with Gasteiger partial charge in [-0.05, 0) is 57.4 Å². The predicted octanol–water partition coefficient (Wildman–Crippen LogP) is 5.04. The van der Waals surface area contributed by atoms with Crippen molar-refractivity contribution in [2.75, 3.05) is 7.11 Å². The van der Waals surface area contributed by atoms with Gasteiger partial charge in [0.2, 0.25) is 0 Å². The molecule has 4 nitrogen and oxygen atoms in total. The van der Waals surface area contributed by atoms with Gasteiger partial charge in [0.05, 0.1) is 7.11 Å². The van der Waals surface area contributed by atoms with Crippen molar-refractivity contribution >= 4 is 11.7 Å². The maximum Gasteiger partial charge on any atom is 0.252 e. The largest absolute Gasteiger partial charge is 0.496 e. The van der Waals surface area contributed by atoms with Gasteiger partial charge >= 0.3 is 0 Å². The molecule has 28 heavy (non-hydrogen) atoms. The van der Waals surface area contributed by atoms with Gasteiger partial charge in [0, 0.05) is 16.7 Å². The lowest BCUT2D eigenvalue weighted by atomic mass is 9.77. The van der Waals surface area contributed by atoms with Crippen LogP contribution in [0.25, 0.3) is 0 Å². The molecular formula is C24H31NO3. The zero-order chi connectivity index (χ0) is 21.1. The van der Waals surface area contributed by atoms with Crippen LogP contribution in [0.1, 0.15) is 64.6 Å². The highest BCUT2D eigenvalue weighted by Gasteiger charge is 2.42. The second-order valence-electron chi connectivity index (χ2n) is 7.77. The zero-order valence-corrected chi connectivity index (χ0v) is 18.0. The third-order valence-corrected chi connectivity index (χ3v) is 5.52. The minimum absolute atomic E-state index is 0.0503. The molecule has 2 aromatic carbocycles. The molecule has 0 heterocycles. The fourth-order valence-electron chi connectivity index (χ4n) is 3.84. The van der Waals surface area contributed by atoms with Gasteiger partial charge in [-0.15, -0.1) is 0 Å². The number of rotatable bonds is 7. The fraction of sp³-hybridized carbons (Fsp3) is 0.417. The Hall–Kier alpha value is -2.62. The number of amides is 1. The molecule has 4 heteroatoms. The number of methoxy groups -OCH3 is 1. The van der Waals surface area contributed by atoms with E-state index in [0.29, 0.717) is 23.3 Å². The smallest absolute Gasteiger partial charge is 0.252 e. The van der Waals surface area contributed by atoms with E-state index in [2.05, 4.69) is 5.32 Å². The molecule has 0 fully saturated rings. The number of aryl methyl sites for hydroxylation is 2. The van der Waals surface area contributed by atoms with E-state index in [1.54, 1.807) is 19.2 Å². The number of benzene rings is 2. The number of carbonyl (C=O) groups excluding carboxylic acids is 2. The van der Waals surface area contributed by atoms with Crippen molar-refractivity contribution in [2.45, 2.75) is 53.5 Å². The van der Waals surface area contributed by atoms with Gasteiger partial charge in [0.25, 0.3) is 5.91 Å². The van der Waals surface area contributed by atoms with Crippen molar-refractivity contribution in [3.05, 3.63) is 64.2 Å². The van der Waals surface area contributed by atoms with Gasteiger partial charge in [-0.2, -0.15) is 0 Å². The van der Waals surface area contributed by atoms with Crippen LogP contribution in [-0.2, 0) is 0 Å². The lowest BCUT2D eigenvalue weighted by molar-refractivity contribution is 0.0697. The van der Waals surface area contributed by atoms with Crippen LogP contribution in [0, 0.1) is 26.7 Å². The molecule has 0 radical (unpaired) electrons. The molecule has 0 aliphatic rings. The van der Waals surface area contributed by atoms with Crippen molar-refractivity contribution < 1.29 is 14.3 Å². The number of ketones is 1. The summed E-state index contributed by atoms with van der Waals surface area (Å²) in [5.41, 5.74) is 3.00. The monoisotopic (exact) mass is 381 g/mol. The van der Waals surface area contributed by atoms with Gasteiger partial charge in [-0.3, -0.25) is 9.59 Å². The first-order valence-corrected chi connectivity index (χ1v) is 9.75. The van der Waals surface area contributed by atoms with Crippen LogP contribution in [0.3, 0.4) is 0 Å². The minimum Gasteiger partial charge on any atom is -0.496 e. The second kappa shape index (κ2) is 8.59. The minimum atomic E-state index is -0.979. The fourth-order valence-corrected chi connectivity index (χ4v) is 3.84. The van der Waals surface area contributed by atoms with Crippen molar-refractivity contribution in [3.8, 4) is 5.75 Å². The van der Waals surface area contributed by atoms with Gasteiger partial charge in [0.1, 0.15) is 11.3 Å². The number of carbonyl (C=O) groups is 2. The average molecular weight is 382 g/mol. The Labute approximate surface area is 168 Å². The van der Waals surface area contributed by atoms with Gasteiger partial charge in [-0.1, -0.05) is 44.0 Å². The van der Waals surface area contributed by atoms with Gasteiger partial charge in [-0.25, -0.2) is 0 Å². The SMILES string of the molecule is CCC(NC(=O)c1cccc(OC)c1C)(C(=O)c1cc(C)cc(C)c1)C(C)C. The first kappa shape index (κ1) is 21.7. The summed E-state index contributed by atoms with van der Waals surface area (Å²) < 4.78 is 5.34. The van der Waals surface area contributed by atoms with Crippen molar-refractivity contribution in [1.82, 2.24) is 5.32 Å². The molecule has 2 aromatic rings. The maximum absolute atomic E-state index is 13.6. The Balaban J connectivity index is 2.48. The Morgan fingerprint density at radius 2 is 1.68 bits per heavy atom. The number of ether oxygens (including phenoxy) is 1. The molecule has 1 atom stereocenters. The molecule has 150 valence electrons. The molecule has 0 saturated carbocycles. The molecule has 0 aliphatic heterocycles. The third kappa shape index (κ3) is 4.11. The van der Waals surface area contributed by atoms with E-state index in [1.165, 1.54) is 0 Å². The quantitative estimate of drug-likeness (QED) is 0.684. The highest BCUT2D eigenvalue weighted by Crippen LogP contribution is 2.29. The molecule has 1 amide bonds. The van der Waals surface area contributed by atoms with E-state index < -0.39 is 5.54 Å².